The fraction of sp³-hybridized carbons (Fsp3) is 0.550. The SMILES string of the molecule is CCNC(=O)[C@H]1O[C@@H](n2cnc3c(N)nc(C#CC(=O)N4CCN(S(C)(=O)=O)CC4)nc32)C(O)[C@H]1O. The van der Waals surface area contributed by atoms with Gasteiger partial charge in [-0.1, -0.05) is 0 Å². The van der Waals surface area contributed by atoms with Crippen LogP contribution in [-0.2, 0) is 24.3 Å². The summed E-state index contributed by atoms with van der Waals surface area (Å²) in [5, 5.41) is 23.3. The molecule has 5 N–H and O–H groups in total. The van der Waals surface area contributed by atoms with Crippen molar-refractivity contribution in [3.63, 3.8) is 0 Å². The number of rotatable bonds is 4. The van der Waals surface area contributed by atoms with Crippen LogP contribution in [0, 0.1) is 11.8 Å². The second-order valence-electron chi connectivity index (χ2n) is 8.28. The molecule has 4 rings (SSSR count). The van der Waals surface area contributed by atoms with E-state index in [4.69, 9.17) is 10.5 Å². The Hall–Kier alpha value is -3.36. The summed E-state index contributed by atoms with van der Waals surface area (Å²) in [6.45, 7) is 2.77. The molecule has 16 heteroatoms. The first-order valence-electron chi connectivity index (χ1n) is 11.1. The summed E-state index contributed by atoms with van der Waals surface area (Å²) in [6.07, 6.45) is -3.06. The Morgan fingerprint density at radius 2 is 1.92 bits per heavy atom. The lowest BCUT2D eigenvalue weighted by Gasteiger charge is -2.31. The zero-order valence-electron chi connectivity index (χ0n) is 19.5. The molecule has 2 aromatic heterocycles. The van der Waals surface area contributed by atoms with Gasteiger partial charge in [-0.25, -0.2) is 23.4 Å². The largest absolute Gasteiger partial charge is 0.387 e. The van der Waals surface area contributed by atoms with E-state index in [9.17, 15) is 28.2 Å². The second kappa shape index (κ2) is 9.95. The molecule has 2 saturated heterocycles. The molecule has 0 aromatic carbocycles. The number of fused-ring (bicyclic) bond motifs is 1. The number of aromatic nitrogens is 4. The van der Waals surface area contributed by atoms with Gasteiger partial charge >= 0.3 is 0 Å². The van der Waals surface area contributed by atoms with Crippen LogP contribution < -0.4 is 11.1 Å². The van der Waals surface area contributed by atoms with E-state index < -0.39 is 46.4 Å². The van der Waals surface area contributed by atoms with Crippen molar-refractivity contribution in [2.24, 2.45) is 0 Å². The highest BCUT2D eigenvalue weighted by Crippen LogP contribution is 2.32. The number of imidazole rings is 1. The number of carbonyl (C=O) groups excluding carboxylic acids is 2. The van der Waals surface area contributed by atoms with E-state index in [0.717, 1.165) is 6.26 Å². The number of nitrogens with one attached hydrogen (secondary N) is 1. The minimum Gasteiger partial charge on any atom is -0.387 e. The Bertz CT molecular complexity index is 1340. The van der Waals surface area contributed by atoms with Crippen LogP contribution in [0.1, 0.15) is 19.0 Å². The zero-order valence-corrected chi connectivity index (χ0v) is 20.3. The van der Waals surface area contributed by atoms with Crippen LogP contribution in [0.5, 0.6) is 0 Å². The molecule has 0 aliphatic carbocycles. The first-order valence-corrected chi connectivity index (χ1v) is 12.9. The van der Waals surface area contributed by atoms with Gasteiger partial charge in [0.2, 0.25) is 15.8 Å². The number of piperazine rings is 1. The van der Waals surface area contributed by atoms with E-state index in [1.165, 1.54) is 20.1 Å². The molecular formula is C20H26N8O7S. The fourth-order valence-electron chi connectivity index (χ4n) is 3.97. The van der Waals surface area contributed by atoms with Gasteiger partial charge in [-0.2, -0.15) is 4.31 Å². The van der Waals surface area contributed by atoms with Crippen molar-refractivity contribution in [3.05, 3.63) is 12.2 Å². The molecule has 2 aromatic rings. The van der Waals surface area contributed by atoms with Crippen molar-refractivity contribution >= 4 is 38.8 Å². The van der Waals surface area contributed by atoms with E-state index >= 15 is 0 Å². The van der Waals surface area contributed by atoms with Gasteiger partial charge in [-0.15, -0.1) is 0 Å². The number of aliphatic hydroxyl groups is 2. The van der Waals surface area contributed by atoms with Gasteiger partial charge in [0.15, 0.2) is 23.8 Å². The number of hydrogen-bond donors (Lipinski definition) is 4. The minimum absolute atomic E-state index is 0.0365. The van der Waals surface area contributed by atoms with Gasteiger partial charge in [0.1, 0.15) is 17.7 Å². The van der Waals surface area contributed by atoms with E-state index in [-0.39, 0.29) is 49.0 Å². The molecule has 2 aliphatic rings. The van der Waals surface area contributed by atoms with Gasteiger partial charge in [0.05, 0.1) is 12.6 Å². The number of aliphatic hydroxyl groups excluding tert-OH is 2. The van der Waals surface area contributed by atoms with Crippen LogP contribution in [0.15, 0.2) is 6.33 Å². The Balaban J connectivity index is 1.55. The normalized spacial score (nSPS) is 24.9. The van der Waals surface area contributed by atoms with Crippen molar-refractivity contribution in [3.8, 4) is 11.8 Å². The quantitative estimate of drug-likeness (QED) is 0.291. The van der Waals surface area contributed by atoms with E-state index in [1.54, 1.807) is 6.92 Å². The lowest BCUT2D eigenvalue weighted by Crippen LogP contribution is -2.50. The minimum atomic E-state index is -3.33. The maximum atomic E-state index is 12.5. The average Bonchev–Trinajstić information content (AvgIpc) is 3.38. The van der Waals surface area contributed by atoms with Crippen LogP contribution in [0.3, 0.4) is 0 Å². The van der Waals surface area contributed by atoms with Crippen molar-refractivity contribution in [1.82, 2.24) is 34.0 Å². The molecule has 2 fully saturated rings. The van der Waals surface area contributed by atoms with E-state index in [1.807, 2.05) is 0 Å². The first kappa shape index (κ1) is 25.7. The molecule has 0 bridgehead atoms. The number of ether oxygens (including phenoxy) is 1. The summed E-state index contributed by atoms with van der Waals surface area (Å²) in [5.74, 6) is 3.75. The van der Waals surface area contributed by atoms with Crippen LogP contribution in [0.2, 0.25) is 0 Å². The number of anilines is 1. The summed E-state index contributed by atoms with van der Waals surface area (Å²) in [4.78, 5) is 38.5. The Morgan fingerprint density at radius 1 is 1.22 bits per heavy atom. The smallest absolute Gasteiger partial charge is 0.299 e. The molecule has 4 heterocycles. The average molecular weight is 523 g/mol. The molecule has 0 spiro atoms. The number of sulfonamides is 1. The first-order chi connectivity index (χ1) is 17.0. The molecule has 15 nitrogen and oxygen atoms in total. The molecule has 0 saturated carbocycles. The predicted octanol–water partition coefficient (Wildman–Crippen LogP) is -3.38. The predicted molar refractivity (Wildman–Crippen MR) is 124 cm³/mol. The highest BCUT2D eigenvalue weighted by Gasteiger charge is 2.47. The van der Waals surface area contributed by atoms with E-state index in [0.29, 0.717) is 6.54 Å². The second-order valence-corrected chi connectivity index (χ2v) is 10.3. The number of nitrogen functional groups attached to an aromatic ring is 1. The number of hydrogen-bond acceptors (Lipinski definition) is 11. The molecule has 1 unspecified atom stereocenters. The third-order valence-electron chi connectivity index (χ3n) is 5.85. The maximum absolute atomic E-state index is 12.5. The highest BCUT2D eigenvalue weighted by atomic mass is 32.2. The third-order valence-corrected chi connectivity index (χ3v) is 7.15. The number of carbonyl (C=O) groups is 2. The lowest BCUT2D eigenvalue weighted by molar-refractivity contribution is -0.137. The monoisotopic (exact) mass is 522 g/mol. The molecule has 4 atom stereocenters. The molecule has 36 heavy (non-hydrogen) atoms. The summed E-state index contributed by atoms with van der Waals surface area (Å²) in [5.41, 5.74) is 6.28. The molecule has 194 valence electrons. The summed E-state index contributed by atoms with van der Waals surface area (Å²) >= 11 is 0. The van der Waals surface area contributed by atoms with Crippen LogP contribution in [0.4, 0.5) is 5.82 Å². The highest BCUT2D eigenvalue weighted by molar-refractivity contribution is 7.88. The maximum Gasteiger partial charge on any atom is 0.299 e. The van der Waals surface area contributed by atoms with Crippen LogP contribution in [0.25, 0.3) is 11.2 Å². The van der Waals surface area contributed by atoms with Gasteiger partial charge in [0, 0.05) is 38.6 Å². The molecule has 2 aliphatic heterocycles. The molecule has 0 radical (unpaired) electrons. The number of amides is 2. The van der Waals surface area contributed by atoms with Crippen molar-refractivity contribution in [2.75, 3.05) is 44.7 Å². The summed E-state index contributed by atoms with van der Waals surface area (Å²) in [6, 6.07) is 0. The van der Waals surface area contributed by atoms with Crippen LogP contribution >= 0.6 is 0 Å². The zero-order chi connectivity index (χ0) is 26.2. The summed E-state index contributed by atoms with van der Waals surface area (Å²) in [7, 11) is -3.33. The Labute approximate surface area is 206 Å². The van der Waals surface area contributed by atoms with Gasteiger partial charge < -0.3 is 30.9 Å². The van der Waals surface area contributed by atoms with Crippen LogP contribution in [-0.4, -0.2) is 116 Å². The Morgan fingerprint density at radius 3 is 2.56 bits per heavy atom. The number of nitrogens with two attached hydrogens (primary N) is 1. The molecule has 2 amide bonds. The number of likely N-dealkylation sites (N-methyl/N-ethyl adjacent to an activating group) is 1. The van der Waals surface area contributed by atoms with Crippen molar-refractivity contribution in [1.29, 1.82) is 0 Å². The van der Waals surface area contributed by atoms with E-state index in [2.05, 4.69) is 32.1 Å². The topological polar surface area (TPSA) is 206 Å². The molecular weight excluding hydrogens is 496 g/mol. The standard InChI is InChI=1S/C20H26N8O7S/c1-3-22-19(32)16-14(30)15(31)20(35-16)28-10-23-13-17(21)24-11(25-18(13)28)4-5-12(29)26-6-8-27(9-7-26)36(2,33)34/h10,14-16,20,30-31H,3,6-9H2,1-2H3,(H,22,32)(H2,21,24,25)/t14-,15?,16+,20-/m1/s1. The van der Waals surface area contributed by atoms with Gasteiger partial charge in [-0.3, -0.25) is 14.2 Å². The number of nitrogens with zero attached hydrogens (tertiary/aromatic N) is 6. The fourth-order valence-corrected chi connectivity index (χ4v) is 4.80. The Kier molecular flexibility index (Phi) is 7.11. The van der Waals surface area contributed by atoms with Crippen molar-refractivity contribution < 1.29 is 33.0 Å². The lowest BCUT2D eigenvalue weighted by atomic mass is 10.1. The van der Waals surface area contributed by atoms with Gasteiger partial charge in [-0.05, 0) is 12.8 Å². The third kappa shape index (κ3) is 4.96. The summed E-state index contributed by atoms with van der Waals surface area (Å²) < 4.78 is 31.5. The van der Waals surface area contributed by atoms with Gasteiger partial charge in [0.25, 0.3) is 11.8 Å². The van der Waals surface area contributed by atoms with Crippen molar-refractivity contribution in [2.45, 2.75) is 31.5 Å².